The summed E-state index contributed by atoms with van der Waals surface area (Å²) in [5.41, 5.74) is 7.02. The van der Waals surface area contributed by atoms with Gasteiger partial charge < -0.3 is 10.5 Å². The smallest absolute Gasteiger partial charge is 0.307 e. The third kappa shape index (κ3) is 2.45. The molecule has 0 bridgehead atoms. The Morgan fingerprint density at radius 1 is 1.24 bits per heavy atom. The highest BCUT2D eigenvalue weighted by molar-refractivity contribution is 5.86. The Morgan fingerprint density at radius 3 is 2.71 bits per heavy atom. The molecule has 17 heavy (non-hydrogen) atoms. The van der Waals surface area contributed by atoms with Crippen LogP contribution in [0, 0.1) is 0 Å². The highest BCUT2D eigenvalue weighted by atomic mass is 16.5. The van der Waals surface area contributed by atoms with E-state index in [1.165, 1.54) is 7.11 Å². The summed E-state index contributed by atoms with van der Waals surface area (Å²) in [6.45, 7) is 0. The predicted molar refractivity (Wildman–Crippen MR) is 67.5 cm³/mol. The maximum atomic E-state index is 11.2. The van der Waals surface area contributed by atoms with Crippen LogP contribution >= 0.6 is 0 Å². The fourth-order valence-electron chi connectivity index (χ4n) is 1.95. The van der Waals surface area contributed by atoms with E-state index in [1.807, 2.05) is 42.5 Å². The Hall–Kier alpha value is -1.87. The number of nitrogens with two attached hydrogens (primary N) is 1. The normalized spacial score (nSPS) is 12.4. The number of hydrogen-bond donors (Lipinski definition) is 1. The molecule has 0 saturated carbocycles. The van der Waals surface area contributed by atoms with E-state index >= 15 is 0 Å². The zero-order chi connectivity index (χ0) is 12.3. The number of esters is 1. The lowest BCUT2D eigenvalue weighted by Gasteiger charge is -2.13. The van der Waals surface area contributed by atoms with Crippen molar-refractivity contribution in [3.63, 3.8) is 0 Å². The van der Waals surface area contributed by atoms with Gasteiger partial charge in [-0.3, -0.25) is 4.79 Å². The molecule has 0 spiro atoms. The predicted octanol–water partition coefficient (Wildman–Crippen LogP) is 2.40. The molecule has 2 N–H and O–H groups in total. The molecule has 0 aromatic heterocycles. The maximum Gasteiger partial charge on any atom is 0.307 e. The first kappa shape index (κ1) is 11.6. The number of hydrogen-bond acceptors (Lipinski definition) is 3. The van der Waals surface area contributed by atoms with Crippen LogP contribution in [0.1, 0.15) is 18.0 Å². The van der Waals surface area contributed by atoms with Crippen LogP contribution in [0.3, 0.4) is 0 Å². The molecule has 0 fully saturated rings. The number of carbonyl (C=O) groups excluding carboxylic acids is 1. The number of methoxy groups -OCH3 is 1. The van der Waals surface area contributed by atoms with E-state index in [1.54, 1.807) is 0 Å². The Balaban J connectivity index is 2.38. The van der Waals surface area contributed by atoms with E-state index in [2.05, 4.69) is 4.74 Å². The quantitative estimate of drug-likeness (QED) is 0.822. The van der Waals surface area contributed by atoms with Crippen LogP contribution in [0.15, 0.2) is 42.5 Å². The van der Waals surface area contributed by atoms with E-state index < -0.39 is 0 Å². The van der Waals surface area contributed by atoms with Crippen molar-refractivity contribution in [2.45, 2.75) is 12.5 Å². The first-order chi connectivity index (χ1) is 8.22. The minimum absolute atomic E-state index is 0.199. The second-order valence-electron chi connectivity index (χ2n) is 3.96. The van der Waals surface area contributed by atoms with Crippen molar-refractivity contribution in [3.05, 3.63) is 48.0 Å². The van der Waals surface area contributed by atoms with Crippen molar-refractivity contribution in [1.82, 2.24) is 0 Å². The standard InChI is InChI=1S/C14H15NO2/c1-17-14(16)9-13(15)12-8-4-6-10-5-2-3-7-11(10)12/h2-8,13H,9,15H2,1H3/t13-/m1/s1. The van der Waals surface area contributed by atoms with Gasteiger partial charge in [0.25, 0.3) is 0 Å². The topological polar surface area (TPSA) is 52.3 Å². The molecular weight excluding hydrogens is 214 g/mol. The van der Waals surface area contributed by atoms with Crippen LogP contribution in [-0.4, -0.2) is 13.1 Å². The van der Waals surface area contributed by atoms with Gasteiger partial charge in [0.15, 0.2) is 0 Å². The Bertz CT molecular complexity index is 531. The van der Waals surface area contributed by atoms with Gasteiger partial charge in [-0.25, -0.2) is 0 Å². The first-order valence-electron chi connectivity index (χ1n) is 5.52. The fourth-order valence-corrected chi connectivity index (χ4v) is 1.95. The first-order valence-corrected chi connectivity index (χ1v) is 5.52. The minimum atomic E-state index is -0.325. The highest BCUT2D eigenvalue weighted by Gasteiger charge is 2.13. The summed E-state index contributed by atoms with van der Waals surface area (Å²) < 4.78 is 4.64. The van der Waals surface area contributed by atoms with Gasteiger partial charge in [-0.1, -0.05) is 42.5 Å². The second kappa shape index (κ2) is 4.97. The molecule has 2 aromatic carbocycles. The SMILES string of the molecule is COC(=O)C[C@@H](N)c1cccc2ccccc12. The van der Waals surface area contributed by atoms with Crippen LogP contribution in [0.4, 0.5) is 0 Å². The van der Waals surface area contributed by atoms with E-state index in [0.29, 0.717) is 0 Å². The van der Waals surface area contributed by atoms with Gasteiger partial charge in [0.05, 0.1) is 13.5 Å². The molecule has 0 amide bonds. The van der Waals surface area contributed by atoms with Gasteiger partial charge in [0.2, 0.25) is 0 Å². The largest absolute Gasteiger partial charge is 0.469 e. The van der Waals surface area contributed by atoms with Crippen molar-refractivity contribution in [3.8, 4) is 0 Å². The third-order valence-corrected chi connectivity index (χ3v) is 2.84. The summed E-state index contributed by atoms with van der Waals surface area (Å²) in [6, 6.07) is 13.6. The summed E-state index contributed by atoms with van der Waals surface area (Å²) in [5, 5.41) is 2.22. The molecule has 0 saturated heterocycles. The van der Waals surface area contributed by atoms with E-state index in [4.69, 9.17) is 5.73 Å². The van der Waals surface area contributed by atoms with Crippen molar-refractivity contribution in [2.75, 3.05) is 7.11 Å². The monoisotopic (exact) mass is 229 g/mol. The van der Waals surface area contributed by atoms with Crippen molar-refractivity contribution in [1.29, 1.82) is 0 Å². The molecule has 3 nitrogen and oxygen atoms in total. The average Bonchev–Trinajstić information content (AvgIpc) is 2.37. The van der Waals surface area contributed by atoms with Gasteiger partial charge in [-0.15, -0.1) is 0 Å². The molecule has 88 valence electrons. The van der Waals surface area contributed by atoms with E-state index in [9.17, 15) is 4.79 Å². The Kier molecular flexibility index (Phi) is 3.40. The van der Waals surface area contributed by atoms with Gasteiger partial charge in [-0.05, 0) is 16.3 Å². The molecule has 3 heteroatoms. The maximum absolute atomic E-state index is 11.2. The second-order valence-corrected chi connectivity index (χ2v) is 3.96. The van der Waals surface area contributed by atoms with Crippen LogP contribution in [0.2, 0.25) is 0 Å². The van der Waals surface area contributed by atoms with Gasteiger partial charge in [0, 0.05) is 6.04 Å². The molecule has 0 radical (unpaired) electrons. The van der Waals surface area contributed by atoms with E-state index in [-0.39, 0.29) is 18.4 Å². The summed E-state index contributed by atoms with van der Waals surface area (Å²) in [6.07, 6.45) is 0.199. The molecule has 1 atom stereocenters. The molecule has 0 heterocycles. The number of benzene rings is 2. The Labute approximate surface area is 100 Å². The molecule has 0 unspecified atom stereocenters. The summed E-state index contributed by atoms with van der Waals surface area (Å²) in [7, 11) is 1.37. The van der Waals surface area contributed by atoms with Crippen LogP contribution in [0.25, 0.3) is 10.8 Å². The minimum Gasteiger partial charge on any atom is -0.469 e. The lowest BCUT2D eigenvalue weighted by atomic mass is 9.97. The lowest BCUT2D eigenvalue weighted by Crippen LogP contribution is -2.16. The summed E-state index contributed by atoms with van der Waals surface area (Å²) in [4.78, 5) is 11.2. The average molecular weight is 229 g/mol. The zero-order valence-corrected chi connectivity index (χ0v) is 9.72. The number of rotatable bonds is 3. The molecular formula is C14H15NO2. The van der Waals surface area contributed by atoms with E-state index in [0.717, 1.165) is 16.3 Å². The number of ether oxygens (including phenoxy) is 1. The van der Waals surface area contributed by atoms with Gasteiger partial charge in [0.1, 0.15) is 0 Å². The molecule has 2 aromatic rings. The van der Waals surface area contributed by atoms with Gasteiger partial charge >= 0.3 is 5.97 Å². The van der Waals surface area contributed by atoms with Crippen LogP contribution < -0.4 is 5.73 Å². The summed E-state index contributed by atoms with van der Waals surface area (Å²) >= 11 is 0. The lowest BCUT2D eigenvalue weighted by molar-refractivity contribution is -0.141. The molecule has 2 rings (SSSR count). The molecule has 0 aliphatic rings. The highest BCUT2D eigenvalue weighted by Crippen LogP contribution is 2.24. The third-order valence-electron chi connectivity index (χ3n) is 2.84. The Morgan fingerprint density at radius 2 is 1.94 bits per heavy atom. The zero-order valence-electron chi connectivity index (χ0n) is 9.72. The molecule has 0 aliphatic carbocycles. The van der Waals surface area contributed by atoms with Crippen LogP contribution in [-0.2, 0) is 9.53 Å². The number of fused-ring (bicyclic) bond motifs is 1. The van der Waals surface area contributed by atoms with Crippen molar-refractivity contribution in [2.24, 2.45) is 5.73 Å². The fraction of sp³-hybridized carbons (Fsp3) is 0.214. The van der Waals surface area contributed by atoms with Gasteiger partial charge in [-0.2, -0.15) is 0 Å². The van der Waals surface area contributed by atoms with Crippen LogP contribution in [0.5, 0.6) is 0 Å². The molecule has 0 aliphatic heterocycles. The number of carbonyl (C=O) groups is 1. The van der Waals surface area contributed by atoms with Crippen molar-refractivity contribution < 1.29 is 9.53 Å². The summed E-state index contributed by atoms with van der Waals surface area (Å²) in [5.74, 6) is -0.287. The van der Waals surface area contributed by atoms with Crippen molar-refractivity contribution >= 4 is 16.7 Å².